The van der Waals surface area contributed by atoms with Gasteiger partial charge >= 0.3 is 0 Å². The van der Waals surface area contributed by atoms with Gasteiger partial charge < -0.3 is 19.9 Å². The van der Waals surface area contributed by atoms with Gasteiger partial charge in [0.2, 0.25) is 5.95 Å². The molecule has 150 valence electrons. The first-order valence-electron chi connectivity index (χ1n) is 9.45. The minimum atomic E-state index is -0.206. The van der Waals surface area contributed by atoms with E-state index in [9.17, 15) is 4.79 Å². The van der Waals surface area contributed by atoms with Crippen molar-refractivity contribution >= 4 is 34.9 Å². The lowest BCUT2D eigenvalue weighted by Gasteiger charge is -2.28. The van der Waals surface area contributed by atoms with Crippen LogP contribution in [0.5, 0.6) is 0 Å². The Balaban J connectivity index is 1.67. The Hall–Kier alpha value is -3.46. The second-order valence-electron chi connectivity index (χ2n) is 6.78. The highest BCUT2D eigenvalue weighted by Crippen LogP contribution is 2.26. The Labute approximate surface area is 168 Å². The highest BCUT2D eigenvalue weighted by atomic mass is 16.5. The molecule has 1 aliphatic rings. The van der Waals surface area contributed by atoms with Crippen LogP contribution in [0.15, 0.2) is 35.4 Å². The number of hydrogen-bond acceptors (Lipinski definition) is 7. The molecule has 0 spiro atoms. The Kier molecular flexibility index (Phi) is 5.39. The molecule has 0 bridgehead atoms. The molecule has 3 aromatic rings. The molecule has 9 nitrogen and oxygen atoms in total. The normalized spacial score (nSPS) is 14.5. The molecule has 0 radical (unpaired) electrons. The highest BCUT2D eigenvalue weighted by Gasteiger charge is 2.20. The molecule has 1 amide bonds. The van der Waals surface area contributed by atoms with Gasteiger partial charge in [-0.25, -0.2) is 10.4 Å². The van der Waals surface area contributed by atoms with Crippen molar-refractivity contribution in [3.05, 3.63) is 47.2 Å². The lowest BCUT2D eigenvalue weighted by Crippen LogP contribution is -2.37. The zero-order chi connectivity index (χ0) is 20.2. The number of fused-ring (bicyclic) bond motifs is 1. The summed E-state index contributed by atoms with van der Waals surface area (Å²) in [5.41, 5.74) is 6.86. The van der Waals surface area contributed by atoms with Gasteiger partial charge in [-0.3, -0.25) is 4.79 Å². The van der Waals surface area contributed by atoms with Crippen LogP contribution in [0, 0.1) is 6.92 Å². The number of H-pyrrole nitrogens is 1. The lowest BCUT2D eigenvalue weighted by atomic mass is 10.2. The molecule has 1 fully saturated rings. The molecule has 0 unspecified atom stereocenters. The average Bonchev–Trinajstić information content (AvgIpc) is 3.17. The number of carbonyl (C=O) groups is 1. The summed E-state index contributed by atoms with van der Waals surface area (Å²) in [4.78, 5) is 26.5. The monoisotopic (exact) mass is 393 g/mol. The molecule has 1 aromatic carbocycles. The van der Waals surface area contributed by atoms with Crippen LogP contribution < -0.4 is 15.6 Å². The predicted octanol–water partition coefficient (Wildman–Crippen LogP) is 1.91. The molecule has 2 aromatic heterocycles. The Morgan fingerprint density at radius 3 is 2.86 bits per heavy atom. The van der Waals surface area contributed by atoms with E-state index in [0.29, 0.717) is 43.5 Å². The van der Waals surface area contributed by atoms with Crippen LogP contribution in [0.25, 0.3) is 11.0 Å². The molecule has 1 saturated heterocycles. The average molecular weight is 393 g/mol. The predicted molar refractivity (Wildman–Crippen MR) is 113 cm³/mol. The van der Waals surface area contributed by atoms with Crippen LogP contribution in [-0.2, 0) is 4.74 Å². The third kappa shape index (κ3) is 4.19. The zero-order valence-corrected chi connectivity index (χ0v) is 16.4. The Morgan fingerprint density at radius 2 is 2.10 bits per heavy atom. The number of nitrogens with zero attached hydrogens (tertiary/aromatic N) is 4. The molecule has 29 heavy (non-hydrogen) atoms. The second-order valence-corrected chi connectivity index (χ2v) is 6.78. The maximum Gasteiger partial charge on any atom is 0.267 e. The number of carbonyl (C=O) groups excluding carboxylic acids is 1. The lowest BCUT2D eigenvalue weighted by molar-refractivity contribution is 0.0959. The number of amides is 1. The molecule has 3 N–H and O–H groups in total. The van der Waals surface area contributed by atoms with E-state index in [-0.39, 0.29) is 5.91 Å². The number of anilines is 2. The van der Waals surface area contributed by atoms with Crippen LogP contribution in [0.2, 0.25) is 0 Å². The number of hydrogen-bond donors (Lipinski definition) is 3. The summed E-state index contributed by atoms with van der Waals surface area (Å²) < 4.78 is 5.45. The number of rotatable bonds is 5. The minimum absolute atomic E-state index is 0.206. The van der Waals surface area contributed by atoms with E-state index in [2.05, 4.69) is 35.7 Å². The van der Waals surface area contributed by atoms with Gasteiger partial charge in [0.05, 0.1) is 24.9 Å². The number of morpholine rings is 1. The van der Waals surface area contributed by atoms with Gasteiger partial charge in [0.15, 0.2) is 5.82 Å². The van der Waals surface area contributed by atoms with Crippen molar-refractivity contribution in [2.24, 2.45) is 5.10 Å². The van der Waals surface area contributed by atoms with Gasteiger partial charge in [0.1, 0.15) is 11.2 Å². The van der Waals surface area contributed by atoms with Gasteiger partial charge in [-0.1, -0.05) is 29.8 Å². The Morgan fingerprint density at radius 1 is 1.28 bits per heavy atom. The zero-order valence-electron chi connectivity index (χ0n) is 16.4. The molecular weight excluding hydrogens is 370 g/mol. The van der Waals surface area contributed by atoms with E-state index < -0.39 is 0 Å². The van der Waals surface area contributed by atoms with Gasteiger partial charge in [-0.05, 0) is 18.6 Å². The number of ether oxygens (including phenoxy) is 1. The quantitative estimate of drug-likeness (QED) is 0.451. The van der Waals surface area contributed by atoms with Crippen molar-refractivity contribution in [1.82, 2.24) is 20.3 Å². The van der Waals surface area contributed by atoms with Crippen molar-refractivity contribution in [2.75, 3.05) is 43.7 Å². The van der Waals surface area contributed by atoms with Crippen LogP contribution in [0.3, 0.4) is 0 Å². The highest BCUT2D eigenvalue weighted by molar-refractivity contribution is 5.99. The number of benzene rings is 1. The van der Waals surface area contributed by atoms with Crippen LogP contribution in [-0.4, -0.2) is 60.4 Å². The summed E-state index contributed by atoms with van der Waals surface area (Å²) in [6.45, 7) is 4.72. The topological polar surface area (TPSA) is 108 Å². The number of nitrogens with one attached hydrogen (secondary N) is 3. The fourth-order valence-corrected chi connectivity index (χ4v) is 3.22. The van der Waals surface area contributed by atoms with Crippen LogP contribution in [0.4, 0.5) is 11.8 Å². The molecule has 1 aliphatic heterocycles. The van der Waals surface area contributed by atoms with Gasteiger partial charge in [-0.2, -0.15) is 10.1 Å². The first kappa shape index (κ1) is 18.9. The van der Waals surface area contributed by atoms with Crippen molar-refractivity contribution in [1.29, 1.82) is 0 Å². The van der Waals surface area contributed by atoms with E-state index in [1.54, 1.807) is 19.3 Å². The van der Waals surface area contributed by atoms with E-state index in [1.165, 1.54) is 0 Å². The van der Waals surface area contributed by atoms with Crippen LogP contribution in [0.1, 0.15) is 21.6 Å². The molecule has 0 saturated carbocycles. The van der Waals surface area contributed by atoms with E-state index in [4.69, 9.17) is 4.74 Å². The van der Waals surface area contributed by atoms with Gasteiger partial charge in [-0.15, -0.1) is 0 Å². The minimum Gasteiger partial charge on any atom is -0.378 e. The van der Waals surface area contributed by atoms with Gasteiger partial charge in [0.25, 0.3) is 5.91 Å². The standard InChI is InChI=1S/C20H23N7O2/c1-13-4-3-5-14(10-13)12-22-26-20-24-15-11-16(19(28)21-2)23-17(15)18(25-20)27-6-8-29-9-7-27/h3-5,10-12,23H,6-9H2,1-2H3,(H,21,28)(H,24,25,26)/b22-12+. The second kappa shape index (κ2) is 8.27. The fourth-order valence-electron chi connectivity index (χ4n) is 3.22. The number of hydrazone groups is 1. The van der Waals surface area contributed by atoms with E-state index >= 15 is 0 Å². The maximum atomic E-state index is 12.0. The molecular formula is C20H23N7O2. The first-order valence-corrected chi connectivity index (χ1v) is 9.45. The van der Waals surface area contributed by atoms with Crippen LogP contribution >= 0.6 is 0 Å². The summed E-state index contributed by atoms with van der Waals surface area (Å²) in [6, 6.07) is 9.75. The van der Waals surface area contributed by atoms with E-state index in [1.807, 2.05) is 31.2 Å². The number of aromatic amines is 1. The maximum absolute atomic E-state index is 12.0. The first-order chi connectivity index (χ1) is 14.1. The molecule has 0 atom stereocenters. The molecule has 3 heterocycles. The van der Waals surface area contributed by atoms with Crippen molar-refractivity contribution in [3.8, 4) is 0 Å². The van der Waals surface area contributed by atoms with Gasteiger partial charge in [0, 0.05) is 20.1 Å². The third-order valence-electron chi connectivity index (χ3n) is 4.66. The number of aryl methyl sites for hydroxylation is 1. The largest absolute Gasteiger partial charge is 0.378 e. The molecule has 9 heteroatoms. The SMILES string of the molecule is CNC(=O)c1cc2nc(N/N=C/c3cccc(C)c3)nc(N3CCOCC3)c2[nH]1. The molecule has 0 aliphatic carbocycles. The van der Waals surface area contributed by atoms with Crippen molar-refractivity contribution < 1.29 is 9.53 Å². The van der Waals surface area contributed by atoms with E-state index in [0.717, 1.165) is 22.5 Å². The third-order valence-corrected chi connectivity index (χ3v) is 4.66. The summed E-state index contributed by atoms with van der Waals surface area (Å²) in [5.74, 6) is 0.884. The summed E-state index contributed by atoms with van der Waals surface area (Å²) in [6.07, 6.45) is 1.72. The number of aromatic nitrogens is 3. The fraction of sp³-hybridized carbons (Fsp3) is 0.300. The Bertz CT molecular complexity index is 1050. The smallest absolute Gasteiger partial charge is 0.267 e. The van der Waals surface area contributed by atoms with Crippen molar-refractivity contribution in [3.63, 3.8) is 0 Å². The van der Waals surface area contributed by atoms with Crippen molar-refractivity contribution in [2.45, 2.75) is 6.92 Å². The summed E-state index contributed by atoms with van der Waals surface area (Å²) >= 11 is 0. The summed E-state index contributed by atoms with van der Waals surface area (Å²) in [7, 11) is 1.59. The molecule has 4 rings (SSSR count). The summed E-state index contributed by atoms with van der Waals surface area (Å²) in [5, 5.41) is 6.89.